The molecule has 0 aromatic heterocycles. The standard InChI is InChI=1S/C28H31FN2O/c1-28-17-25(19-30(28)18-21-12-14-24(29)15-13-21)31(20-28)27(32)16-26(22-8-4-2-5-9-22)23-10-6-3-7-11-23/h2-10,12-15,23,25-26H,11,16-20H2,1H3/t23?,25-,26?,28-/m1/s1. The van der Waals surface area contributed by atoms with E-state index in [1.54, 1.807) is 0 Å². The Kier molecular flexibility index (Phi) is 5.73. The summed E-state index contributed by atoms with van der Waals surface area (Å²) in [7, 11) is 0. The Balaban J connectivity index is 1.27. The molecule has 0 N–H and O–H groups in total. The first kappa shape index (κ1) is 21.1. The van der Waals surface area contributed by atoms with Crippen molar-refractivity contribution in [3.8, 4) is 0 Å². The molecule has 2 bridgehead atoms. The van der Waals surface area contributed by atoms with Crippen LogP contribution in [0.15, 0.2) is 78.9 Å². The quantitative estimate of drug-likeness (QED) is 0.620. The normalized spacial score (nSPS) is 27.8. The summed E-state index contributed by atoms with van der Waals surface area (Å²) in [6, 6.07) is 17.6. The van der Waals surface area contributed by atoms with Gasteiger partial charge in [-0.2, -0.15) is 0 Å². The van der Waals surface area contributed by atoms with Crippen molar-refractivity contribution in [1.29, 1.82) is 0 Å². The summed E-state index contributed by atoms with van der Waals surface area (Å²) < 4.78 is 13.3. The highest BCUT2D eigenvalue weighted by molar-refractivity contribution is 5.78. The molecule has 1 aliphatic carbocycles. The van der Waals surface area contributed by atoms with Gasteiger partial charge in [-0.15, -0.1) is 0 Å². The van der Waals surface area contributed by atoms with Crippen LogP contribution in [-0.4, -0.2) is 40.4 Å². The van der Waals surface area contributed by atoms with Crippen molar-refractivity contribution in [3.63, 3.8) is 0 Å². The Morgan fingerprint density at radius 2 is 1.91 bits per heavy atom. The maximum absolute atomic E-state index is 13.5. The van der Waals surface area contributed by atoms with Crippen molar-refractivity contribution in [3.05, 3.63) is 95.8 Å². The molecule has 0 saturated carbocycles. The zero-order valence-electron chi connectivity index (χ0n) is 18.7. The van der Waals surface area contributed by atoms with Gasteiger partial charge >= 0.3 is 0 Å². The van der Waals surface area contributed by atoms with Gasteiger partial charge < -0.3 is 4.90 Å². The van der Waals surface area contributed by atoms with Gasteiger partial charge in [0.05, 0.1) is 0 Å². The molecular weight excluding hydrogens is 399 g/mol. The van der Waals surface area contributed by atoms with E-state index < -0.39 is 0 Å². The number of nitrogens with zero attached hydrogens (tertiary/aromatic N) is 2. The Labute approximate surface area is 190 Å². The Morgan fingerprint density at radius 1 is 1.12 bits per heavy atom. The van der Waals surface area contributed by atoms with Crippen molar-refractivity contribution >= 4 is 5.91 Å². The number of halogens is 1. The van der Waals surface area contributed by atoms with Gasteiger partial charge in [-0.05, 0) is 54.9 Å². The zero-order valence-corrected chi connectivity index (χ0v) is 18.7. The van der Waals surface area contributed by atoms with Crippen LogP contribution in [0.3, 0.4) is 0 Å². The molecular formula is C28H31FN2O. The molecule has 1 amide bonds. The second-order valence-corrected chi connectivity index (χ2v) is 9.82. The van der Waals surface area contributed by atoms with E-state index in [-0.39, 0.29) is 29.2 Å². The summed E-state index contributed by atoms with van der Waals surface area (Å²) in [6.45, 7) is 4.75. The third-order valence-electron chi connectivity index (χ3n) is 7.58. The first-order valence-electron chi connectivity index (χ1n) is 11.7. The van der Waals surface area contributed by atoms with Crippen LogP contribution >= 0.6 is 0 Å². The molecule has 3 nitrogen and oxygen atoms in total. The number of carbonyl (C=O) groups is 1. The van der Waals surface area contributed by atoms with Gasteiger partial charge in [-0.1, -0.05) is 66.8 Å². The van der Waals surface area contributed by atoms with Crippen molar-refractivity contribution < 1.29 is 9.18 Å². The molecule has 2 aromatic carbocycles. The Bertz CT molecular complexity index is 1020. The summed E-state index contributed by atoms with van der Waals surface area (Å²) in [6.07, 6.45) is 11.2. The predicted octanol–water partition coefficient (Wildman–Crippen LogP) is 5.31. The van der Waals surface area contributed by atoms with Crippen LogP contribution in [0.4, 0.5) is 4.39 Å². The van der Waals surface area contributed by atoms with E-state index in [4.69, 9.17) is 0 Å². The topological polar surface area (TPSA) is 23.6 Å². The molecule has 32 heavy (non-hydrogen) atoms. The first-order valence-corrected chi connectivity index (χ1v) is 11.7. The largest absolute Gasteiger partial charge is 0.336 e. The number of likely N-dealkylation sites (tertiary alicyclic amines) is 2. The second kappa shape index (κ2) is 8.67. The molecule has 166 valence electrons. The van der Waals surface area contributed by atoms with Crippen molar-refractivity contribution in [2.24, 2.45) is 5.92 Å². The first-order chi connectivity index (χ1) is 15.5. The Hall–Kier alpha value is -2.72. The summed E-state index contributed by atoms with van der Waals surface area (Å²) in [4.78, 5) is 18.1. The fourth-order valence-corrected chi connectivity index (χ4v) is 5.82. The van der Waals surface area contributed by atoms with Crippen molar-refractivity contribution in [1.82, 2.24) is 9.80 Å². The van der Waals surface area contributed by atoms with Crippen molar-refractivity contribution in [2.45, 2.75) is 50.2 Å². The van der Waals surface area contributed by atoms with Gasteiger partial charge in [0, 0.05) is 37.6 Å². The van der Waals surface area contributed by atoms with E-state index in [2.05, 4.69) is 65.3 Å². The minimum Gasteiger partial charge on any atom is -0.336 e. The number of amides is 1. The minimum atomic E-state index is -0.198. The molecule has 2 aromatic rings. The van der Waals surface area contributed by atoms with Crippen LogP contribution in [0.5, 0.6) is 0 Å². The number of hydrogen-bond donors (Lipinski definition) is 0. The SMILES string of the molecule is C[C@]12C[C@H](CN1Cc1ccc(F)cc1)N(C(=O)CC(c1ccccc1)C1C=CC=CC1)C2. The van der Waals surface area contributed by atoms with Gasteiger partial charge in [-0.3, -0.25) is 9.69 Å². The fraction of sp³-hybridized carbons (Fsp3) is 0.393. The summed E-state index contributed by atoms with van der Waals surface area (Å²) in [5.74, 6) is 0.636. The average Bonchev–Trinajstić information content (AvgIpc) is 3.32. The van der Waals surface area contributed by atoms with E-state index in [0.717, 1.165) is 38.0 Å². The van der Waals surface area contributed by atoms with Gasteiger partial charge in [0.2, 0.25) is 5.91 Å². The maximum atomic E-state index is 13.5. The monoisotopic (exact) mass is 430 g/mol. The van der Waals surface area contributed by atoms with E-state index >= 15 is 0 Å². The number of fused-ring (bicyclic) bond motifs is 2. The van der Waals surface area contributed by atoms with E-state index in [1.165, 1.54) is 17.7 Å². The van der Waals surface area contributed by atoms with Gasteiger partial charge in [0.1, 0.15) is 5.82 Å². The molecule has 0 radical (unpaired) electrons. The van der Waals surface area contributed by atoms with Crippen LogP contribution in [0.2, 0.25) is 0 Å². The number of benzene rings is 2. The van der Waals surface area contributed by atoms with E-state index in [0.29, 0.717) is 12.3 Å². The maximum Gasteiger partial charge on any atom is 0.223 e. The van der Waals surface area contributed by atoms with Crippen LogP contribution in [0.25, 0.3) is 0 Å². The number of piperazine rings is 1. The summed E-state index contributed by atoms with van der Waals surface area (Å²) in [5.41, 5.74) is 2.36. The molecule has 2 heterocycles. The highest BCUT2D eigenvalue weighted by Gasteiger charge is 2.53. The van der Waals surface area contributed by atoms with Gasteiger partial charge in [0.25, 0.3) is 0 Å². The lowest BCUT2D eigenvalue weighted by Gasteiger charge is -2.41. The molecule has 4 atom stereocenters. The molecule has 0 spiro atoms. The lowest BCUT2D eigenvalue weighted by molar-refractivity contribution is -0.135. The van der Waals surface area contributed by atoms with Crippen LogP contribution in [-0.2, 0) is 11.3 Å². The molecule has 2 fully saturated rings. The van der Waals surface area contributed by atoms with E-state index in [9.17, 15) is 9.18 Å². The number of allylic oxidation sites excluding steroid dienone is 4. The lowest BCUT2D eigenvalue weighted by atomic mass is 9.80. The average molecular weight is 431 g/mol. The number of hydrogen-bond acceptors (Lipinski definition) is 2. The molecule has 3 aliphatic rings. The lowest BCUT2D eigenvalue weighted by Crippen LogP contribution is -2.53. The number of carbonyl (C=O) groups excluding carboxylic acids is 1. The number of rotatable bonds is 6. The molecule has 2 aliphatic heterocycles. The van der Waals surface area contributed by atoms with Gasteiger partial charge in [0.15, 0.2) is 0 Å². The molecule has 2 saturated heterocycles. The summed E-state index contributed by atoms with van der Waals surface area (Å²) in [5, 5.41) is 0. The van der Waals surface area contributed by atoms with Crippen LogP contribution < -0.4 is 0 Å². The molecule has 2 unspecified atom stereocenters. The van der Waals surface area contributed by atoms with Gasteiger partial charge in [-0.25, -0.2) is 4.39 Å². The summed E-state index contributed by atoms with van der Waals surface area (Å²) >= 11 is 0. The van der Waals surface area contributed by atoms with E-state index in [1.807, 2.05) is 18.2 Å². The smallest absolute Gasteiger partial charge is 0.223 e. The third-order valence-corrected chi connectivity index (χ3v) is 7.58. The molecule has 5 rings (SSSR count). The van der Waals surface area contributed by atoms with Crippen LogP contribution in [0.1, 0.15) is 43.2 Å². The van der Waals surface area contributed by atoms with Crippen LogP contribution in [0, 0.1) is 11.7 Å². The predicted molar refractivity (Wildman–Crippen MR) is 126 cm³/mol. The third kappa shape index (κ3) is 4.16. The highest BCUT2D eigenvalue weighted by Crippen LogP contribution is 2.42. The zero-order chi connectivity index (χ0) is 22.1. The Morgan fingerprint density at radius 3 is 2.56 bits per heavy atom. The fourth-order valence-electron chi connectivity index (χ4n) is 5.82. The molecule has 4 heteroatoms. The second-order valence-electron chi connectivity index (χ2n) is 9.82. The minimum absolute atomic E-state index is 0.00949. The highest BCUT2D eigenvalue weighted by atomic mass is 19.1. The van der Waals surface area contributed by atoms with Crippen molar-refractivity contribution in [2.75, 3.05) is 13.1 Å².